The van der Waals surface area contributed by atoms with Crippen LogP contribution < -0.4 is 0 Å². The van der Waals surface area contributed by atoms with Gasteiger partial charge in [-0.25, -0.2) is 0 Å². The molecule has 0 saturated heterocycles. The van der Waals surface area contributed by atoms with Gasteiger partial charge in [-0.15, -0.1) is 0 Å². The van der Waals surface area contributed by atoms with Crippen LogP contribution in [0.4, 0.5) is 0 Å². The number of benzene rings is 4. The highest BCUT2D eigenvalue weighted by molar-refractivity contribution is 5.97. The first-order chi connectivity index (χ1) is 17.8. The summed E-state index contributed by atoms with van der Waals surface area (Å²) in [5, 5.41) is 104. The Morgan fingerprint density at radius 1 is 0.378 bits per heavy atom. The molecule has 10 N–H and O–H groups in total. The van der Waals surface area contributed by atoms with Gasteiger partial charge < -0.3 is 51.1 Å². The fourth-order valence-corrected chi connectivity index (χ4v) is 5.02. The van der Waals surface area contributed by atoms with Crippen molar-refractivity contribution in [3.05, 3.63) is 68.8 Å². The zero-order chi connectivity index (χ0) is 27.0. The summed E-state index contributed by atoms with van der Waals surface area (Å²) in [6.07, 6.45) is -0.276. The largest absolute Gasteiger partial charge is 0.507 e. The lowest BCUT2D eigenvalue weighted by Gasteiger charge is -2.21. The van der Waals surface area contributed by atoms with E-state index in [0.717, 1.165) is 0 Å². The molecular weight excluding hydrogens is 484 g/mol. The fourth-order valence-electron chi connectivity index (χ4n) is 5.02. The molecule has 0 aromatic heterocycles. The van der Waals surface area contributed by atoms with Crippen LogP contribution in [-0.4, -0.2) is 51.1 Å². The highest BCUT2D eigenvalue weighted by Gasteiger charge is 2.25. The molecule has 0 unspecified atom stereocenters. The molecule has 0 saturated carbocycles. The third-order valence-electron chi connectivity index (χ3n) is 6.81. The van der Waals surface area contributed by atoms with E-state index in [4.69, 9.17) is 0 Å². The lowest BCUT2D eigenvalue weighted by molar-refractivity contribution is 0.264. The van der Waals surface area contributed by atoms with E-state index in [9.17, 15) is 51.1 Å². The van der Waals surface area contributed by atoms with Crippen LogP contribution >= 0.6 is 0 Å². The Kier molecular flexibility index (Phi) is 7.42. The standard InChI is InChI=1S/C27H28O10/c28-6-14-1-12-3-16(8-30)26(36)20(10-32)22(12)18(24(14)34)5-19-23-13(2-15(7-29)25(19)35)4-17(9-31)27(37)21(23)11-33/h1-4,28-37H,5-11H2. The van der Waals surface area contributed by atoms with Crippen molar-refractivity contribution in [1.29, 1.82) is 0 Å². The van der Waals surface area contributed by atoms with Gasteiger partial charge in [-0.2, -0.15) is 0 Å². The number of phenols is 4. The molecule has 37 heavy (non-hydrogen) atoms. The Bertz CT molecular complexity index is 1390. The number of aliphatic hydroxyl groups is 6. The number of aromatic hydroxyl groups is 4. The second-order valence-electron chi connectivity index (χ2n) is 8.77. The minimum atomic E-state index is -0.660. The number of hydrogen-bond donors (Lipinski definition) is 10. The summed E-state index contributed by atoms with van der Waals surface area (Å²) >= 11 is 0. The van der Waals surface area contributed by atoms with Gasteiger partial charge >= 0.3 is 0 Å². The molecular formula is C27H28O10. The van der Waals surface area contributed by atoms with Gasteiger partial charge in [0.1, 0.15) is 23.0 Å². The molecule has 0 heterocycles. The van der Waals surface area contributed by atoms with E-state index >= 15 is 0 Å². The van der Waals surface area contributed by atoms with Gasteiger partial charge in [-0.3, -0.25) is 0 Å². The summed E-state index contributed by atoms with van der Waals surface area (Å²) in [4.78, 5) is 0. The Hall–Kier alpha value is -3.64. The molecule has 0 spiro atoms. The Balaban J connectivity index is 2.16. The van der Waals surface area contributed by atoms with Crippen LogP contribution in [0, 0.1) is 0 Å². The van der Waals surface area contributed by atoms with E-state index in [1.54, 1.807) is 0 Å². The molecule has 0 bridgehead atoms. The number of aliphatic hydroxyl groups excluding tert-OH is 6. The van der Waals surface area contributed by atoms with Gasteiger partial charge in [0.2, 0.25) is 0 Å². The lowest BCUT2D eigenvalue weighted by atomic mass is 9.86. The minimum absolute atomic E-state index is 0.00578. The van der Waals surface area contributed by atoms with Crippen molar-refractivity contribution in [2.75, 3.05) is 0 Å². The molecule has 10 nitrogen and oxygen atoms in total. The fraction of sp³-hybridized carbons (Fsp3) is 0.259. The monoisotopic (exact) mass is 512 g/mol. The molecule has 0 radical (unpaired) electrons. The van der Waals surface area contributed by atoms with Gasteiger partial charge in [0.15, 0.2) is 0 Å². The molecule has 4 rings (SSSR count). The quantitative estimate of drug-likeness (QED) is 0.164. The van der Waals surface area contributed by atoms with Crippen LogP contribution in [0.5, 0.6) is 23.0 Å². The summed E-state index contributed by atoms with van der Waals surface area (Å²) in [6.45, 7) is -3.51. The van der Waals surface area contributed by atoms with Gasteiger partial charge in [0.05, 0.1) is 39.6 Å². The van der Waals surface area contributed by atoms with Crippen LogP contribution in [0.2, 0.25) is 0 Å². The van der Waals surface area contributed by atoms with E-state index in [1.807, 2.05) is 0 Å². The minimum Gasteiger partial charge on any atom is -0.507 e. The number of fused-ring (bicyclic) bond motifs is 2. The number of rotatable bonds is 8. The van der Waals surface area contributed by atoms with Gasteiger partial charge in [0.25, 0.3) is 0 Å². The van der Waals surface area contributed by atoms with Crippen LogP contribution in [0.15, 0.2) is 24.3 Å². The second-order valence-corrected chi connectivity index (χ2v) is 8.77. The number of hydrogen-bond acceptors (Lipinski definition) is 10. The summed E-state index contributed by atoms with van der Waals surface area (Å²) < 4.78 is 0. The predicted octanol–water partition coefficient (Wildman–Crippen LogP) is 1.36. The van der Waals surface area contributed by atoms with Gasteiger partial charge in [-0.05, 0) is 45.8 Å². The zero-order valence-corrected chi connectivity index (χ0v) is 19.7. The summed E-state index contributed by atoms with van der Waals surface area (Å²) in [5.41, 5.74) is 0.677. The molecule has 0 aliphatic carbocycles. The van der Waals surface area contributed by atoms with Crippen molar-refractivity contribution in [2.24, 2.45) is 0 Å². The summed E-state index contributed by atoms with van der Waals surface area (Å²) in [6, 6.07) is 5.80. The molecule has 4 aromatic carbocycles. The van der Waals surface area contributed by atoms with Gasteiger partial charge in [0, 0.05) is 50.9 Å². The van der Waals surface area contributed by atoms with E-state index < -0.39 is 39.6 Å². The average molecular weight is 513 g/mol. The van der Waals surface area contributed by atoms with Crippen molar-refractivity contribution in [1.82, 2.24) is 0 Å². The molecule has 0 fully saturated rings. The molecule has 0 atom stereocenters. The second kappa shape index (κ2) is 10.4. The maximum Gasteiger partial charge on any atom is 0.127 e. The van der Waals surface area contributed by atoms with Crippen LogP contribution in [0.1, 0.15) is 44.5 Å². The molecule has 0 amide bonds. The first-order valence-electron chi connectivity index (χ1n) is 11.4. The van der Waals surface area contributed by atoms with E-state index in [-0.39, 0.29) is 84.7 Å². The van der Waals surface area contributed by atoms with E-state index in [0.29, 0.717) is 10.8 Å². The smallest absolute Gasteiger partial charge is 0.127 e. The average Bonchev–Trinajstić information content (AvgIpc) is 2.90. The van der Waals surface area contributed by atoms with Crippen molar-refractivity contribution >= 4 is 21.5 Å². The van der Waals surface area contributed by atoms with Crippen LogP contribution in [0.3, 0.4) is 0 Å². The normalized spacial score (nSPS) is 11.6. The lowest BCUT2D eigenvalue weighted by Crippen LogP contribution is -2.04. The first kappa shape index (κ1) is 26.4. The Morgan fingerprint density at radius 2 is 0.649 bits per heavy atom. The topological polar surface area (TPSA) is 202 Å². The summed E-state index contributed by atoms with van der Waals surface area (Å²) in [7, 11) is 0. The maximum atomic E-state index is 11.1. The Morgan fingerprint density at radius 3 is 0.892 bits per heavy atom. The molecule has 0 aliphatic rings. The first-order valence-corrected chi connectivity index (χ1v) is 11.4. The molecule has 196 valence electrons. The van der Waals surface area contributed by atoms with Crippen molar-refractivity contribution in [3.63, 3.8) is 0 Å². The van der Waals surface area contributed by atoms with Crippen molar-refractivity contribution in [2.45, 2.75) is 46.1 Å². The van der Waals surface area contributed by atoms with Crippen LogP contribution in [-0.2, 0) is 46.1 Å². The SMILES string of the molecule is OCc1cc2cc(CO)c(O)c(Cc3c(O)c(CO)cc4cc(CO)c(O)c(CO)c34)c2c(CO)c1O. The highest BCUT2D eigenvalue weighted by Crippen LogP contribution is 2.44. The maximum absolute atomic E-state index is 11.1. The zero-order valence-electron chi connectivity index (χ0n) is 19.7. The van der Waals surface area contributed by atoms with Crippen molar-refractivity contribution in [3.8, 4) is 23.0 Å². The molecule has 0 aliphatic heterocycles. The molecule has 4 aromatic rings. The van der Waals surface area contributed by atoms with E-state index in [2.05, 4.69) is 0 Å². The third kappa shape index (κ3) is 4.19. The van der Waals surface area contributed by atoms with Crippen molar-refractivity contribution < 1.29 is 51.1 Å². The predicted molar refractivity (Wildman–Crippen MR) is 133 cm³/mol. The third-order valence-corrected chi connectivity index (χ3v) is 6.81. The van der Waals surface area contributed by atoms with E-state index in [1.165, 1.54) is 24.3 Å². The summed E-state index contributed by atoms with van der Waals surface area (Å²) in [5.74, 6) is -1.50. The highest BCUT2D eigenvalue weighted by atomic mass is 16.3. The Labute approximate surface area is 210 Å². The van der Waals surface area contributed by atoms with Crippen LogP contribution in [0.25, 0.3) is 21.5 Å². The molecule has 10 heteroatoms. The van der Waals surface area contributed by atoms with Gasteiger partial charge in [-0.1, -0.05) is 0 Å².